The van der Waals surface area contributed by atoms with Crippen LogP contribution in [0, 0.1) is 0 Å². The highest BCUT2D eigenvalue weighted by Crippen LogP contribution is 2.27. The zero-order valence-electron chi connectivity index (χ0n) is 13.7. The van der Waals surface area contributed by atoms with Gasteiger partial charge in [0.15, 0.2) is 5.65 Å². The molecule has 1 aliphatic heterocycles. The highest BCUT2D eigenvalue weighted by atomic mass is 19.4. The summed E-state index contributed by atoms with van der Waals surface area (Å²) in [5, 5.41) is 14.5. The van der Waals surface area contributed by atoms with Gasteiger partial charge in [-0.1, -0.05) is 12.1 Å². The molecule has 9 heteroatoms. The Balaban J connectivity index is 1.66. The highest BCUT2D eigenvalue weighted by Gasteiger charge is 2.31. The van der Waals surface area contributed by atoms with Crippen molar-refractivity contribution in [1.29, 1.82) is 0 Å². The normalized spacial score (nSPS) is 17.2. The number of pyridine rings is 1. The van der Waals surface area contributed by atoms with Crippen LogP contribution in [0.3, 0.4) is 0 Å². The number of fused-ring (bicyclic) bond motifs is 1. The Morgan fingerprint density at radius 1 is 1.04 bits per heavy atom. The molecule has 0 bridgehead atoms. The van der Waals surface area contributed by atoms with Crippen molar-refractivity contribution in [2.24, 2.45) is 5.10 Å². The third-order valence-corrected chi connectivity index (χ3v) is 4.09. The lowest BCUT2D eigenvalue weighted by atomic mass is 10.1. The molecule has 0 aliphatic carbocycles. The Morgan fingerprint density at radius 3 is 2.42 bits per heavy atom. The number of halogens is 3. The lowest BCUT2D eigenvalue weighted by Crippen LogP contribution is -2.16. The van der Waals surface area contributed by atoms with E-state index >= 15 is 0 Å². The van der Waals surface area contributed by atoms with E-state index in [1.807, 2.05) is 41.0 Å². The third kappa shape index (κ3) is 3.19. The van der Waals surface area contributed by atoms with Gasteiger partial charge in [-0.15, -0.1) is 23.4 Å². The molecule has 1 atom stereocenters. The molecule has 134 valence electrons. The van der Waals surface area contributed by atoms with Gasteiger partial charge in [0.1, 0.15) is 11.6 Å². The maximum Gasteiger partial charge on any atom is 0.573 e. The van der Waals surface area contributed by atoms with Gasteiger partial charge in [-0.2, -0.15) is 5.10 Å². The minimum Gasteiger partial charge on any atom is -0.406 e. The van der Waals surface area contributed by atoms with Crippen LogP contribution in [0.5, 0.6) is 5.75 Å². The fourth-order valence-electron chi connectivity index (χ4n) is 2.90. The molecular weight excluding hydrogens is 347 g/mol. The van der Waals surface area contributed by atoms with Crippen LogP contribution in [-0.2, 0) is 0 Å². The second kappa shape index (κ2) is 6.01. The van der Waals surface area contributed by atoms with Crippen molar-refractivity contribution in [3.05, 3.63) is 48.4 Å². The van der Waals surface area contributed by atoms with Crippen molar-refractivity contribution in [3.63, 3.8) is 0 Å². The molecule has 26 heavy (non-hydrogen) atoms. The Kier molecular flexibility index (Phi) is 3.78. The van der Waals surface area contributed by atoms with Crippen LogP contribution in [0.15, 0.2) is 47.7 Å². The van der Waals surface area contributed by atoms with E-state index in [1.165, 1.54) is 12.1 Å². The van der Waals surface area contributed by atoms with Crippen molar-refractivity contribution < 1.29 is 17.9 Å². The first-order valence-electron chi connectivity index (χ1n) is 7.85. The summed E-state index contributed by atoms with van der Waals surface area (Å²) in [7, 11) is 1.88. The summed E-state index contributed by atoms with van der Waals surface area (Å²) in [6, 6.07) is 9.41. The lowest BCUT2D eigenvalue weighted by molar-refractivity contribution is -0.274. The van der Waals surface area contributed by atoms with Crippen molar-refractivity contribution in [1.82, 2.24) is 19.6 Å². The van der Waals surface area contributed by atoms with Gasteiger partial charge in [-0.3, -0.25) is 9.41 Å². The molecular formula is C17H14F3N5O. The molecule has 2 aromatic heterocycles. The van der Waals surface area contributed by atoms with Crippen LogP contribution in [0.4, 0.5) is 13.2 Å². The minimum atomic E-state index is -4.70. The fourth-order valence-corrected chi connectivity index (χ4v) is 2.90. The molecule has 1 aromatic carbocycles. The van der Waals surface area contributed by atoms with Gasteiger partial charge in [0.05, 0.1) is 12.5 Å². The van der Waals surface area contributed by atoms with E-state index in [2.05, 4.69) is 20.0 Å². The van der Waals surface area contributed by atoms with E-state index < -0.39 is 6.36 Å². The van der Waals surface area contributed by atoms with E-state index in [-0.39, 0.29) is 11.7 Å². The largest absolute Gasteiger partial charge is 0.573 e. The maximum absolute atomic E-state index is 12.3. The smallest absolute Gasteiger partial charge is 0.406 e. The molecule has 6 nitrogen and oxygen atoms in total. The number of aromatic nitrogens is 3. The number of alkyl halides is 3. The van der Waals surface area contributed by atoms with E-state index in [0.717, 1.165) is 17.0 Å². The topological polar surface area (TPSA) is 55.0 Å². The number of ether oxygens (including phenoxy) is 1. The number of hydrogen-bond acceptors (Lipinski definition) is 5. The summed E-state index contributed by atoms with van der Waals surface area (Å²) in [6.07, 6.45) is -1.00. The summed E-state index contributed by atoms with van der Waals surface area (Å²) in [5.74, 6) is 0.553. The first-order valence-corrected chi connectivity index (χ1v) is 7.85. The van der Waals surface area contributed by atoms with Crippen LogP contribution < -0.4 is 4.74 Å². The average Bonchev–Trinajstić information content (AvgIpc) is 3.19. The summed E-state index contributed by atoms with van der Waals surface area (Å²) >= 11 is 0. The molecule has 3 aromatic rings. The number of hydrazone groups is 1. The molecule has 0 saturated heterocycles. The van der Waals surface area contributed by atoms with Gasteiger partial charge >= 0.3 is 6.36 Å². The SMILES string of the molecule is CN1CC(c2nnc3ccc(-c4ccc(OC(F)(F)F)cc4)cn23)C=N1. The second-order valence-corrected chi connectivity index (χ2v) is 5.99. The summed E-state index contributed by atoms with van der Waals surface area (Å²) in [5.41, 5.74) is 2.29. The van der Waals surface area contributed by atoms with Crippen molar-refractivity contribution in [2.45, 2.75) is 12.3 Å². The highest BCUT2D eigenvalue weighted by molar-refractivity contribution is 5.70. The van der Waals surface area contributed by atoms with E-state index in [9.17, 15) is 13.2 Å². The summed E-state index contributed by atoms with van der Waals surface area (Å²) in [6.45, 7) is 0.717. The van der Waals surface area contributed by atoms with E-state index in [4.69, 9.17) is 0 Å². The van der Waals surface area contributed by atoms with Crippen LogP contribution >= 0.6 is 0 Å². The summed E-state index contributed by atoms with van der Waals surface area (Å²) in [4.78, 5) is 0. The average molecular weight is 361 g/mol. The molecule has 0 saturated carbocycles. The predicted octanol–water partition coefficient (Wildman–Crippen LogP) is 3.31. The molecule has 0 amide bonds. The molecule has 0 radical (unpaired) electrons. The Hall–Kier alpha value is -3.10. The third-order valence-electron chi connectivity index (χ3n) is 4.09. The van der Waals surface area contributed by atoms with Crippen LogP contribution in [0.25, 0.3) is 16.8 Å². The Labute approximate surface area is 146 Å². The summed E-state index contributed by atoms with van der Waals surface area (Å²) < 4.78 is 42.6. The first kappa shape index (κ1) is 16.4. The predicted molar refractivity (Wildman–Crippen MR) is 89.0 cm³/mol. The zero-order valence-corrected chi connectivity index (χ0v) is 13.7. The van der Waals surface area contributed by atoms with Crippen LogP contribution in [-0.4, -0.2) is 45.8 Å². The Morgan fingerprint density at radius 2 is 1.77 bits per heavy atom. The molecule has 1 unspecified atom stereocenters. The lowest BCUT2D eigenvalue weighted by Gasteiger charge is -2.10. The molecule has 1 aliphatic rings. The van der Waals surface area contributed by atoms with Gasteiger partial charge in [0.25, 0.3) is 0 Å². The molecule has 0 fully saturated rings. The van der Waals surface area contributed by atoms with E-state index in [1.54, 1.807) is 12.1 Å². The van der Waals surface area contributed by atoms with Gasteiger partial charge in [0.2, 0.25) is 0 Å². The molecule has 0 spiro atoms. The monoisotopic (exact) mass is 361 g/mol. The van der Waals surface area contributed by atoms with Crippen LogP contribution in [0.2, 0.25) is 0 Å². The van der Waals surface area contributed by atoms with Gasteiger partial charge in [-0.05, 0) is 35.4 Å². The number of hydrogen-bond donors (Lipinski definition) is 0. The molecule has 4 rings (SSSR count). The first-order chi connectivity index (χ1) is 12.4. The van der Waals surface area contributed by atoms with Crippen molar-refractivity contribution in [3.8, 4) is 16.9 Å². The second-order valence-electron chi connectivity index (χ2n) is 5.99. The number of rotatable bonds is 3. The van der Waals surface area contributed by atoms with Crippen molar-refractivity contribution >= 4 is 11.9 Å². The minimum absolute atomic E-state index is 0.0350. The van der Waals surface area contributed by atoms with Crippen molar-refractivity contribution in [2.75, 3.05) is 13.6 Å². The van der Waals surface area contributed by atoms with Gasteiger partial charge in [-0.25, -0.2) is 0 Å². The number of nitrogens with zero attached hydrogens (tertiary/aromatic N) is 5. The van der Waals surface area contributed by atoms with E-state index in [0.29, 0.717) is 12.2 Å². The van der Waals surface area contributed by atoms with Gasteiger partial charge < -0.3 is 4.74 Å². The van der Waals surface area contributed by atoms with Gasteiger partial charge in [0, 0.05) is 19.5 Å². The Bertz CT molecular complexity index is 965. The fraction of sp³-hybridized carbons (Fsp3) is 0.235. The quantitative estimate of drug-likeness (QED) is 0.718. The number of likely N-dealkylation sites (N-methyl/N-ethyl adjacent to an activating group) is 1. The van der Waals surface area contributed by atoms with Crippen LogP contribution in [0.1, 0.15) is 11.7 Å². The molecule has 3 heterocycles. The molecule has 0 N–H and O–H groups in total. The zero-order chi connectivity index (χ0) is 18.3. The standard InChI is InChI=1S/C17H14F3N5O/c1-24-9-13(8-21-24)16-23-22-15-7-4-12(10-25(15)16)11-2-5-14(6-3-11)26-17(18,19)20/h2-8,10,13H,9H2,1H3. The number of benzene rings is 1. The maximum atomic E-state index is 12.3.